The number of sulfonamides is 1. The number of ether oxygens (including phenoxy) is 1. The van der Waals surface area contributed by atoms with Gasteiger partial charge in [-0.2, -0.15) is 8.42 Å². The van der Waals surface area contributed by atoms with Crippen LogP contribution in [-0.2, 0) is 16.6 Å². The highest BCUT2D eigenvalue weighted by molar-refractivity contribution is 7.90. The molecule has 1 saturated heterocycles. The molecule has 5 nitrogen and oxygen atoms in total. The van der Waals surface area contributed by atoms with Crippen LogP contribution < -0.4 is 8.63 Å². The Balaban J connectivity index is 1.69. The Kier molecular flexibility index (Phi) is 8.96. The maximum Gasteiger partial charge on any atom is 0.304 e. The van der Waals surface area contributed by atoms with E-state index >= 15 is 0 Å². The molecule has 8 heteroatoms. The van der Waals surface area contributed by atoms with Gasteiger partial charge in [-0.25, -0.2) is 0 Å². The van der Waals surface area contributed by atoms with Gasteiger partial charge in [-0.15, -0.1) is 3.89 Å². The van der Waals surface area contributed by atoms with Gasteiger partial charge in [-0.1, -0.05) is 60.0 Å². The Bertz CT molecular complexity index is 1260. The molecule has 0 spiro atoms. The molecule has 0 saturated carbocycles. The first-order valence-corrected chi connectivity index (χ1v) is 14.9. The van der Waals surface area contributed by atoms with Gasteiger partial charge in [-0.05, 0) is 56.6 Å². The Morgan fingerprint density at radius 1 is 0.917 bits per heavy atom. The number of benzene rings is 3. The zero-order chi connectivity index (χ0) is 25.6. The minimum atomic E-state index is -3.79. The number of nitrogens with zero attached hydrogens (tertiary/aromatic N) is 2. The normalized spacial score (nSPS) is 16.4. The maximum atomic E-state index is 13.7. The minimum absolute atomic E-state index is 0.102. The van der Waals surface area contributed by atoms with Gasteiger partial charge in [0.2, 0.25) is 0 Å². The fourth-order valence-corrected chi connectivity index (χ4v) is 6.77. The SMILES string of the molecule is CS(=O)(=O)[N+](Cc1ccccc1OCCCN1CCCCC1)(c1ccccc1)c1cc(Cl)ccc1Cl. The molecule has 36 heavy (non-hydrogen) atoms. The third kappa shape index (κ3) is 6.06. The van der Waals surface area contributed by atoms with Crippen LogP contribution in [0.5, 0.6) is 5.75 Å². The molecule has 0 N–H and O–H groups in total. The third-order valence-electron chi connectivity index (χ3n) is 6.73. The highest BCUT2D eigenvalue weighted by atomic mass is 35.5. The molecule has 1 unspecified atom stereocenters. The molecule has 3 aromatic carbocycles. The molecule has 1 aliphatic heterocycles. The second-order valence-corrected chi connectivity index (χ2v) is 12.2. The average Bonchev–Trinajstić information content (AvgIpc) is 2.88. The van der Waals surface area contributed by atoms with Crippen molar-refractivity contribution in [2.45, 2.75) is 32.2 Å². The van der Waals surface area contributed by atoms with Crippen LogP contribution in [0, 0.1) is 0 Å². The van der Waals surface area contributed by atoms with Crippen molar-refractivity contribution in [3.63, 3.8) is 0 Å². The van der Waals surface area contributed by atoms with Gasteiger partial charge in [0.25, 0.3) is 0 Å². The number of piperidine rings is 1. The number of likely N-dealkylation sites (tertiary alicyclic amines) is 1. The van der Waals surface area contributed by atoms with Crippen LogP contribution in [0.2, 0.25) is 10.0 Å². The van der Waals surface area contributed by atoms with Gasteiger partial charge in [0.15, 0.2) is 11.4 Å². The van der Waals surface area contributed by atoms with Crippen molar-refractivity contribution in [2.75, 3.05) is 32.5 Å². The monoisotopic (exact) mass is 547 g/mol. The zero-order valence-corrected chi connectivity index (χ0v) is 22.9. The van der Waals surface area contributed by atoms with E-state index in [0.717, 1.165) is 31.6 Å². The Hall–Kier alpha value is -2.09. The van der Waals surface area contributed by atoms with E-state index < -0.39 is 13.9 Å². The van der Waals surface area contributed by atoms with Crippen molar-refractivity contribution in [1.29, 1.82) is 0 Å². The second kappa shape index (κ2) is 12.0. The lowest BCUT2D eigenvalue weighted by molar-refractivity contribution is 0.204. The third-order valence-corrected chi connectivity index (χ3v) is 8.95. The summed E-state index contributed by atoms with van der Waals surface area (Å²) in [6, 6.07) is 21.7. The molecule has 1 atom stereocenters. The molecule has 0 amide bonds. The first-order chi connectivity index (χ1) is 17.3. The van der Waals surface area contributed by atoms with Crippen LogP contribution >= 0.6 is 23.2 Å². The second-order valence-electron chi connectivity index (χ2n) is 9.27. The summed E-state index contributed by atoms with van der Waals surface area (Å²) in [6.07, 6.45) is 6.00. The molecule has 1 aliphatic rings. The Morgan fingerprint density at radius 3 is 2.33 bits per heavy atom. The zero-order valence-electron chi connectivity index (χ0n) is 20.6. The summed E-state index contributed by atoms with van der Waals surface area (Å²) >= 11 is 13.0. The van der Waals surface area contributed by atoms with Crippen LogP contribution in [0.25, 0.3) is 0 Å². The summed E-state index contributed by atoms with van der Waals surface area (Å²) in [4.78, 5) is 2.49. The van der Waals surface area contributed by atoms with Gasteiger partial charge in [0.05, 0.1) is 18.4 Å². The molecule has 1 heterocycles. The Labute approximate surface area is 224 Å². The number of hydrogen-bond donors (Lipinski definition) is 0. The minimum Gasteiger partial charge on any atom is -0.493 e. The van der Waals surface area contributed by atoms with Gasteiger partial charge >= 0.3 is 10.0 Å². The summed E-state index contributed by atoms with van der Waals surface area (Å²) in [7, 11) is -3.79. The number of rotatable bonds is 10. The Morgan fingerprint density at radius 2 is 1.61 bits per heavy atom. The summed E-state index contributed by atoms with van der Waals surface area (Å²) < 4.78 is 33.1. The lowest BCUT2D eigenvalue weighted by atomic mass is 10.1. The van der Waals surface area contributed by atoms with E-state index in [2.05, 4.69) is 4.90 Å². The highest BCUT2D eigenvalue weighted by Gasteiger charge is 2.46. The van der Waals surface area contributed by atoms with Crippen LogP contribution in [0.15, 0.2) is 72.8 Å². The summed E-state index contributed by atoms with van der Waals surface area (Å²) in [6.45, 7) is 3.99. The van der Waals surface area contributed by atoms with E-state index in [4.69, 9.17) is 27.9 Å². The average molecular weight is 549 g/mol. The van der Waals surface area contributed by atoms with Gasteiger partial charge in [0.1, 0.15) is 17.3 Å². The molecule has 0 aromatic heterocycles. The van der Waals surface area contributed by atoms with Crippen molar-refractivity contribution in [3.05, 3.63) is 88.4 Å². The molecular weight excluding hydrogens is 515 g/mol. The molecule has 0 aliphatic carbocycles. The highest BCUT2D eigenvalue weighted by Crippen LogP contribution is 2.45. The van der Waals surface area contributed by atoms with Crippen molar-refractivity contribution in [2.24, 2.45) is 0 Å². The van der Waals surface area contributed by atoms with E-state index in [-0.39, 0.29) is 6.54 Å². The van der Waals surface area contributed by atoms with Gasteiger partial charge < -0.3 is 9.64 Å². The van der Waals surface area contributed by atoms with Gasteiger partial charge in [-0.3, -0.25) is 0 Å². The molecule has 4 rings (SSSR count). The van der Waals surface area contributed by atoms with E-state index in [1.165, 1.54) is 25.5 Å². The van der Waals surface area contributed by atoms with Crippen LogP contribution in [0.3, 0.4) is 0 Å². The molecular formula is C28H33Cl2N2O3S+. The first kappa shape index (κ1) is 27.0. The van der Waals surface area contributed by atoms with Crippen LogP contribution in [0.4, 0.5) is 11.4 Å². The molecule has 0 radical (unpaired) electrons. The number of halogens is 2. The largest absolute Gasteiger partial charge is 0.493 e. The van der Waals surface area contributed by atoms with E-state index in [1.807, 2.05) is 42.5 Å². The lowest BCUT2D eigenvalue weighted by Gasteiger charge is -2.36. The smallest absolute Gasteiger partial charge is 0.304 e. The quantitative estimate of drug-likeness (QED) is 0.201. The number of para-hydroxylation sites is 2. The van der Waals surface area contributed by atoms with Crippen LogP contribution in [0.1, 0.15) is 31.2 Å². The van der Waals surface area contributed by atoms with Crippen molar-refractivity contribution in [3.8, 4) is 5.75 Å². The summed E-state index contributed by atoms with van der Waals surface area (Å²) in [5, 5.41) is 0.743. The molecule has 0 bridgehead atoms. The number of quaternary nitrogens is 1. The molecule has 192 valence electrons. The number of hydrogen-bond acceptors (Lipinski definition) is 4. The van der Waals surface area contributed by atoms with Gasteiger partial charge in [0, 0.05) is 29.8 Å². The van der Waals surface area contributed by atoms with Crippen LogP contribution in [-0.4, -0.2) is 45.8 Å². The van der Waals surface area contributed by atoms with E-state index in [9.17, 15) is 8.42 Å². The summed E-state index contributed by atoms with van der Waals surface area (Å²) in [5.74, 6) is 0.677. The maximum absolute atomic E-state index is 13.7. The van der Waals surface area contributed by atoms with E-state index in [0.29, 0.717) is 33.8 Å². The van der Waals surface area contributed by atoms with E-state index in [1.54, 1.807) is 30.3 Å². The topological polar surface area (TPSA) is 46.6 Å². The van der Waals surface area contributed by atoms with Crippen molar-refractivity contribution < 1.29 is 13.2 Å². The summed E-state index contributed by atoms with van der Waals surface area (Å²) in [5.41, 5.74) is 1.75. The van der Waals surface area contributed by atoms with Crippen molar-refractivity contribution >= 4 is 44.6 Å². The molecule has 1 fully saturated rings. The standard InChI is InChI=1S/C28H33Cl2N2O3S/c1-36(33,34)32(25-12-4-2-5-13-25,27-21-24(29)15-16-26(27)30)22-23-11-6-7-14-28(23)35-20-10-19-31-17-8-3-9-18-31/h2,4-7,11-16,21H,3,8-10,17-20,22H2,1H3/q+1. The fraction of sp³-hybridized carbons (Fsp3) is 0.357. The van der Waals surface area contributed by atoms with Crippen molar-refractivity contribution in [1.82, 2.24) is 8.79 Å². The fourth-order valence-electron chi connectivity index (χ4n) is 4.90. The lowest BCUT2D eigenvalue weighted by Crippen LogP contribution is -2.48. The molecule has 3 aromatic rings. The predicted octanol–water partition coefficient (Wildman–Crippen LogP) is 7.05. The predicted molar refractivity (Wildman–Crippen MR) is 150 cm³/mol. The first-order valence-electron chi connectivity index (χ1n) is 12.3.